The molecule has 2 heterocycles. The van der Waals surface area contributed by atoms with Gasteiger partial charge in [-0.05, 0) is 31.2 Å². The summed E-state index contributed by atoms with van der Waals surface area (Å²) in [6.45, 7) is 1.99. The Morgan fingerprint density at radius 1 is 0.724 bits per heavy atom. The first-order valence-electron chi connectivity index (χ1n) is 9.35. The number of nitrogens with zero attached hydrogens (tertiary/aromatic N) is 4. The highest BCUT2D eigenvalue weighted by Crippen LogP contribution is 2.36. The SMILES string of the molecule is Cc1nnc(-c2ccc(Br)cc2)c2nn(-c3ccccc3)c(-c3ccccc3)c12. The lowest BCUT2D eigenvalue weighted by atomic mass is 10.0. The summed E-state index contributed by atoms with van der Waals surface area (Å²) >= 11 is 3.50. The van der Waals surface area contributed by atoms with Gasteiger partial charge in [-0.3, -0.25) is 0 Å². The monoisotopic (exact) mass is 440 g/mol. The molecule has 0 fully saturated rings. The van der Waals surface area contributed by atoms with Crippen LogP contribution in [-0.4, -0.2) is 20.0 Å². The largest absolute Gasteiger partial charge is 0.232 e. The lowest BCUT2D eigenvalue weighted by molar-refractivity contribution is 0.902. The Kier molecular flexibility index (Phi) is 4.45. The first-order valence-corrected chi connectivity index (χ1v) is 10.1. The zero-order valence-corrected chi connectivity index (χ0v) is 17.3. The van der Waals surface area contributed by atoms with Crippen LogP contribution in [0.2, 0.25) is 0 Å². The number of hydrogen-bond acceptors (Lipinski definition) is 3. The molecule has 0 spiro atoms. The second-order valence-electron chi connectivity index (χ2n) is 6.83. The first-order chi connectivity index (χ1) is 14.2. The highest BCUT2D eigenvalue weighted by molar-refractivity contribution is 9.10. The van der Waals surface area contributed by atoms with Gasteiger partial charge in [-0.25, -0.2) is 4.68 Å². The minimum absolute atomic E-state index is 0.782. The van der Waals surface area contributed by atoms with Crippen molar-refractivity contribution in [1.82, 2.24) is 20.0 Å². The van der Waals surface area contributed by atoms with Gasteiger partial charge in [0.15, 0.2) is 0 Å². The van der Waals surface area contributed by atoms with Crippen LogP contribution in [0.15, 0.2) is 89.4 Å². The quantitative estimate of drug-likeness (QED) is 0.334. The van der Waals surface area contributed by atoms with Crippen molar-refractivity contribution in [3.63, 3.8) is 0 Å². The van der Waals surface area contributed by atoms with Gasteiger partial charge >= 0.3 is 0 Å². The van der Waals surface area contributed by atoms with Crippen molar-refractivity contribution in [3.8, 4) is 28.2 Å². The van der Waals surface area contributed by atoms with Gasteiger partial charge in [0.1, 0.15) is 11.2 Å². The first kappa shape index (κ1) is 17.8. The van der Waals surface area contributed by atoms with E-state index in [9.17, 15) is 0 Å². The predicted octanol–water partition coefficient (Wildman–Crippen LogP) is 6.22. The third-order valence-electron chi connectivity index (χ3n) is 4.94. The molecule has 3 aromatic carbocycles. The second-order valence-corrected chi connectivity index (χ2v) is 7.74. The van der Waals surface area contributed by atoms with E-state index < -0.39 is 0 Å². The molecule has 5 heteroatoms. The molecule has 0 atom stereocenters. The van der Waals surface area contributed by atoms with Crippen LogP contribution in [0.3, 0.4) is 0 Å². The Hall–Kier alpha value is -3.31. The van der Waals surface area contributed by atoms with Crippen molar-refractivity contribution < 1.29 is 0 Å². The summed E-state index contributed by atoms with van der Waals surface area (Å²) in [6, 6.07) is 28.6. The number of benzene rings is 3. The summed E-state index contributed by atoms with van der Waals surface area (Å²) in [6.07, 6.45) is 0. The van der Waals surface area contributed by atoms with Crippen molar-refractivity contribution in [2.24, 2.45) is 0 Å². The minimum atomic E-state index is 0.782. The lowest BCUT2D eigenvalue weighted by Gasteiger charge is -2.08. The maximum atomic E-state index is 5.02. The molecule has 0 aliphatic carbocycles. The molecule has 29 heavy (non-hydrogen) atoms. The van der Waals surface area contributed by atoms with E-state index in [1.165, 1.54) is 0 Å². The van der Waals surface area contributed by atoms with Gasteiger partial charge in [0.05, 0.1) is 22.5 Å². The molecular formula is C24H17BrN4. The second kappa shape index (κ2) is 7.26. The molecule has 0 amide bonds. The fraction of sp³-hybridized carbons (Fsp3) is 0.0417. The van der Waals surface area contributed by atoms with E-state index in [-0.39, 0.29) is 0 Å². The van der Waals surface area contributed by atoms with Crippen LogP contribution < -0.4 is 0 Å². The highest BCUT2D eigenvalue weighted by Gasteiger charge is 2.21. The summed E-state index contributed by atoms with van der Waals surface area (Å²) in [4.78, 5) is 0. The van der Waals surface area contributed by atoms with Gasteiger partial charge in [-0.15, -0.1) is 5.10 Å². The van der Waals surface area contributed by atoms with Gasteiger partial charge in [-0.2, -0.15) is 10.2 Å². The number of aryl methyl sites for hydroxylation is 1. The van der Waals surface area contributed by atoms with Crippen LogP contribution >= 0.6 is 15.9 Å². The van der Waals surface area contributed by atoms with Gasteiger partial charge in [0, 0.05) is 15.6 Å². The normalized spacial score (nSPS) is 11.1. The molecule has 5 rings (SSSR count). The van der Waals surface area contributed by atoms with E-state index in [0.29, 0.717) is 0 Å². The molecule has 0 radical (unpaired) electrons. The zero-order chi connectivity index (χ0) is 19.8. The van der Waals surface area contributed by atoms with Crippen molar-refractivity contribution in [2.45, 2.75) is 6.92 Å². The number of rotatable bonds is 3. The van der Waals surface area contributed by atoms with Crippen LogP contribution in [0, 0.1) is 6.92 Å². The van der Waals surface area contributed by atoms with Gasteiger partial charge in [-0.1, -0.05) is 76.6 Å². The van der Waals surface area contributed by atoms with Crippen molar-refractivity contribution >= 4 is 26.8 Å². The van der Waals surface area contributed by atoms with Crippen LogP contribution in [0.5, 0.6) is 0 Å². The van der Waals surface area contributed by atoms with Gasteiger partial charge < -0.3 is 0 Å². The number of para-hydroxylation sites is 1. The summed E-state index contributed by atoms with van der Waals surface area (Å²) in [5.41, 5.74) is 6.61. The maximum absolute atomic E-state index is 5.02. The van der Waals surface area contributed by atoms with Crippen molar-refractivity contribution in [1.29, 1.82) is 0 Å². The standard InChI is InChI=1S/C24H17BrN4/c1-16-21-23(22(27-26-16)17-12-14-19(25)15-13-17)28-29(20-10-6-3-7-11-20)24(21)18-8-4-2-5-9-18/h2-15H,1H3. The number of aromatic nitrogens is 4. The van der Waals surface area contributed by atoms with E-state index in [0.717, 1.165) is 49.3 Å². The summed E-state index contributed by atoms with van der Waals surface area (Å²) in [5, 5.41) is 15.0. The topological polar surface area (TPSA) is 43.6 Å². The number of halogens is 1. The number of fused-ring (bicyclic) bond motifs is 1. The highest BCUT2D eigenvalue weighted by atomic mass is 79.9. The van der Waals surface area contributed by atoms with Crippen molar-refractivity contribution in [3.05, 3.63) is 95.1 Å². The Balaban J connectivity index is 1.88. The molecule has 4 nitrogen and oxygen atoms in total. The Bertz CT molecular complexity index is 1290. The van der Waals surface area contributed by atoms with Crippen molar-refractivity contribution in [2.75, 3.05) is 0 Å². The van der Waals surface area contributed by atoms with E-state index in [4.69, 9.17) is 5.10 Å². The molecule has 0 saturated heterocycles. The molecule has 0 N–H and O–H groups in total. The fourth-order valence-electron chi connectivity index (χ4n) is 3.57. The summed E-state index contributed by atoms with van der Waals surface area (Å²) in [5.74, 6) is 0. The molecule has 5 aromatic rings. The van der Waals surface area contributed by atoms with Crippen LogP contribution in [-0.2, 0) is 0 Å². The Morgan fingerprint density at radius 3 is 2.07 bits per heavy atom. The Labute approximate surface area is 177 Å². The predicted molar refractivity (Wildman–Crippen MR) is 120 cm³/mol. The molecule has 0 unspecified atom stereocenters. The fourth-order valence-corrected chi connectivity index (χ4v) is 3.83. The van der Waals surface area contributed by atoms with Crippen LogP contribution in [0.1, 0.15) is 5.69 Å². The van der Waals surface area contributed by atoms with E-state index in [1.807, 2.05) is 72.3 Å². The average Bonchev–Trinajstić information content (AvgIpc) is 3.18. The smallest absolute Gasteiger partial charge is 0.123 e. The van der Waals surface area contributed by atoms with Gasteiger partial charge in [0.2, 0.25) is 0 Å². The molecule has 0 saturated carbocycles. The van der Waals surface area contributed by atoms with E-state index >= 15 is 0 Å². The summed E-state index contributed by atoms with van der Waals surface area (Å²) < 4.78 is 3.02. The molecule has 0 bridgehead atoms. The minimum Gasteiger partial charge on any atom is -0.232 e. The maximum Gasteiger partial charge on any atom is 0.123 e. The molecule has 140 valence electrons. The third kappa shape index (κ3) is 3.13. The van der Waals surface area contributed by atoms with E-state index in [1.54, 1.807) is 0 Å². The molecule has 0 aliphatic rings. The molecular weight excluding hydrogens is 424 g/mol. The summed E-state index contributed by atoms with van der Waals surface area (Å²) in [7, 11) is 0. The third-order valence-corrected chi connectivity index (χ3v) is 5.47. The molecule has 0 aliphatic heterocycles. The Morgan fingerprint density at radius 2 is 1.38 bits per heavy atom. The zero-order valence-electron chi connectivity index (χ0n) is 15.7. The molecule has 2 aromatic heterocycles. The number of hydrogen-bond donors (Lipinski definition) is 0. The van der Waals surface area contributed by atoms with Crippen LogP contribution in [0.25, 0.3) is 39.1 Å². The lowest BCUT2D eigenvalue weighted by Crippen LogP contribution is -1.98. The average molecular weight is 441 g/mol. The van der Waals surface area contributed by atoms with E-state index in [2.05, 4.69) is 50.4 Å². The van der Waals surface area contributed by atoms with Gasteiger partial charge in [0.25, 0.3) is 0 Å². The van der Waals surface area contributed by atoms with Crippen LogP contribution in [0.4, 0.5) is 0 Å².